The summed E-state index contributed by atoms with van der Waals surface area (Å²) in [7, 11) is 0. The first-order chi connectivity index (χ1) is 12.8. The average molecular weight is 375 g/mol. The van der Waals surface area contributed by atoms with Gasteiger partial charge in [0.25, 0.3) is 0 Å². The summed E-state index contributed by atoms with van der Waals surface area (Å²) in [6.45, 7) is 7.97. The Morgan fingerprint density at radius 2 is 1.85 bits per heavy atom. The summed E-state index contributed by atoms with van der Waals surface area (Å²) in [5.41, 5.74) is -0.294. The molecule has 4 fully saturated rings. The fourth-order valence-corrected chi connectivity index (χ4v) is 8.05. The first kappa shape index (κ1) is 19.0. The summed E-state index contributed by atoms with van der Waals surface area (Å²) in [5.74, 6) is 1.36. The highest BCUT2D eigenvalue weighted by atomic mass is 16.5. The van der Waals surface area contributed by atoms with E-state index in [4.69, 9.17) is 4.74 Å². The van der Waals surface area contributed by atoms with Crippen molar-refractivity contribution in [2.24, 2.45) is 40.4 Å². The number of allylic oxidation sites excluding steroid dienone is 1. The first-order valence-electron chi connectivity index (χ1n) is 10.9. The van der Waals surface area contributed by atoms with Crippen LogP contribution in [-0.4, -0.2) is 23.1 Å². The van der Waals surface area contributed by atoms with Gasteiger partial charge < -0.3 is 9.84 Å². The first-order valence-corrected chi connectivity index (χ1v) is 10.9. The molecule has 27 heavy (non-hydrogen) atoms. The SMILES string of the molecule is C=CC1CCC2C3CCC4CC(OC(C)=O)CCC4(C(=O)O)C3CCC12C. The molecule has 0 saturated heterocycles. The molecule has 0 aromatic carbocycles. The van der Waals surface area contributed by atoms with E-state index in [2.05, 4.69) is 19.6 Å². The lowest BCUT2D eigenvalue weighted by atomic mass is 9.44. The van der Waals surface area contributed by atoms with Gasteiger partial charge in [-0.15, -0.1) is 6.58 Å². The Kier molecular flexibility index (Phi) is 4.67. The van der Waals surface area contributed by atoms with Crippen LogP contribution in [0.5, 0.6) is 0 Å². The molecule has 4 nitrogen and oxygen atoms in total. The number of fused-ring (bicyclic) bond motifs is 5. The maximum atomic E-state index is 12.7. The highest BCUT2D eigenvalue weighted by molar-refractivity contribution is 5.76. The molecule has 1 N–H and O–H groups in total. The molecule has 0 aromatic rings. The van der Waals surface area contributed by atoms with Gasteiger partial charge in [-0.1, -0.05) is 13.0 Å². The zero-order valence-corrected chi connectivity index (χ0v) is 16.8. The van der Waals surface area contributed by atoms with Gasteiger partial charge in [-0.2, -0.15) is 0 Å². The summed E-state index contributed by atoms with van der Waals surface area (Å²) in [4.78, 5) is 24.0. The van der Waals surface area contributed by atoms with Crippen LogP contribution >= 0.6 is 0 Å². The monoisotopic (exact) mass is 374 g/mol. The predicted molar refractivity (Wildman–Crippen MR) is 103 cm³/mol. The number of hydrogen-bond donors (Lipinski definition) is 1. The molecule has 0 amide bonds. The Labute approximate surface area is 162 Å². The van der Waals surface area contributed by atoms with E-state index < -0.39 is 11.4 Å². The van der Waals surface area contributed by atoms with Gasteiger partial charge in [0.1, 0.15) is 6.10 Å². The molecule has 0 aliphatic heterocycles. The van der Waals surface area contributed by atoms with Crippen LogP contribution in [0.2, 0.25) is 0 Å². The maximum Gasteiger partial charge on any atom is 0.310 e. The fraction of sp³-hybridized carbons (Fsp3) is 0.826. The van der Waals surface area contributed by atoms with Gasteiger partial charge in [-0.25, -0.2) is 0 Å². The standard InChI is InChI=1S/C23H34O4/c1-4-15-6-8-19-18-7-5-16-13-17(27-14(2)24)9-12-23(16,21(25)26)20(18)10-11-22(15,19)3/h4,15-20H,1,5-13H2,2-3H3,(H,25,26). The molecular weight excluding hydrogens is 340 g/mol. The molecule has 0 heterocycles. The number of carbonyl (C=O) groups excluding carboxylic acids is 1. The second kappa shape index (κ2) is 6.63. The number of carboxylic acids is 1. The van der Waals surface area contributed by atoms with Crippen molar-refractivity contribution in [3.63, 3.8) is 0 Å². The van der Waals surface area contributed by atoms with Crippen molar-refractivity contribution in [1.82, 2.24) is 0 Å². The second-order valence-electron chi connectivity index (χ2n) is 9.97. The molecule has 8 atom stereocenters. The lowest BCUT2D eigenvalue weighted by Gasteiger charge is -2.60. The van der Waals surface area contributed by atoms with E-state index >= 15 is 0 Å². The van der Waals surface area contributed by atoms with Crippen LogP contribution in [-0.2, 0) is 14.3 Å². The molecule has 0 aromatic heterocycles. The predicted octanol–water partition coefficient (Wildman–Crippen LogP) is 4.83. The van der Waals surface area contributed by atoms with Crippen LogP contribution in [0.3, 0.4) is 0 Å². The minimum absolute atomic E-state index is 0.0954. The second-order valence-corrected chi connectivity index (χ2v) is 9.97. The van der Waals surface area contributed by atoms with Crippen molar-refractivity contribution in [2.45, 2.75) is 77.7 Å². The zero-order valence-electron chi connectivity index (χ0n) is 16.8. The highest BCUT2D eigenvalue weighted by Crippen LogP contribution is 2.67. The van der Waals surface area contributed by atoms with Gasteiger partial charge in [0.05, 0.1) is 5.41 Å². The minimum Gasteiger partial charge on any atom is -0.481 e. The van der Waals surface area contributed by atoms with E-state index in [1.54, 1.807) is 0 Å². The van der Waals surface area contributed by atoms with Crippen LogP contribution in [0.25, 0.3) is 0 Å². The lowest BCUT2D eigenvalue weighted by Crippen LogP contribution is -2.58. The number of rotatable bonds is 3. The van der Waals surface area contributed by atoms with E-state index in [-0.39, 0.29) is 23.9 Å². The maximum absolute atomic E-state index is 12.7. The molecule has 4 heteroatoms. The largest absolute Gasteiger partial charge is 0.481 e. The van der Waals surface area contributed by atoms with E-state index in [1.807, 2.05) is 0 Å². The summed E-state index contributed by atoms with van der Waals surface area (Å²) < 4.78 is 5.47. The highest BCUT2D eigenvalue weighted by Gasteiger charge is 2.64. The van der Waals surface area contributed by atoms with Crippen molar-refractivity contribution in [3.8, 4) is 0 Å². The van der Waals surface area contributed by atoms with Gasteiger partial charge in [-0.05, 0) is 92.8 Å². The molecule has 4 aliphatic rings. The average Bonchev–Trinajstić information content (AvgIpc) is 2.97. The lowest BCUT2D eigenvalue weighted by molar-refractivity contribution is -0.186. The summed E-state index contributed by atoms with van der Waals surface area (Å²) in [6.07, 6.45) is 10.9. The van der Waals surface area contributed by atoms with E-state index in [0.29, 0.717) is 36.0 Å². The number of esters is 1. The fourth-order valence-electron chi connectivity index (χ4n) is 8.05. The summed E-state index contributed by atoms with van der Waals surface area (Å²) >= 11 is 0. The normalized spacial score (nSPS) is 48.7. The van der Waals surface area contributed by atoms with Crippen LogP contribution in [0.4, 0.5) is 0 Å². The Hall–Kier alpha value is -1.32. The molecule has 0 bridgehead atoms. The topological polar surface area (TPSA) is 63.6 Å². The van der Waals surface area contributed by atoms with E-state index in [1.165, 1.54) is 19.8 Å². The van der Waals surface area contributed by atoms with E-state index in [0.717, 1.165) is 32.1 Å². The van der Waals surface area contributed by atoms with Crippen molar-refractivity contribution < 1.29 is 19.4 Å². The van der Waals surface area contributed by atoms with Crippen molar-refractivity contribution in [3.05, 3.63) is 12.7 Å². The van der Waals surface area contributed by atoms with Crippen LogP contribution in [0.1, 0.15) is 71.6 Å². The number of aliphatic carboxylic acids is 1. The molecule has 4 saturated carbocycles. The van der Waals surface area contributed by atoms with Crippen LogP contribution in [0.15, 0.2) is 12.7 Å². The van der Waals surface area contributed by atoms with Gasteiger partial charge in [-0.3, -0.25) is 9.59 Å². The van der Waals surface area contributed by atoms with Gasteiger partial charge in [0.2, 0.25) is 0 Å². The Balaban J connectivity index is 1.62. The Bertz CT molecular complexity index is 642. The van der Waals surface area contributed by atoms with Gasteiger partial charge >= 0.3 is 11.9 Å². The minimum atomic E-state index is -0.604. The summed E-state index contributed by atoms with van der Waals surface area (Å²) in [5, 5.41) is 10.4. The smallest absolute Gasteiger partial charge is 0.310 e. The molecular formula is C23H34O4. The number of ether oxygens (including phenoxy) is 1. The third kappa shape index (κ3) is 2.69. The third-order valence-corrected chi connectivity index (χ3v) is 9.19. The van der Waals surface area contributed by atoms with E-state index in [9.17, 15) is 14.7 Å². The van der Waals surface area contributed by atoms with Crippen molar-refractivity contribution >= 4 is 11.9 Å². The molecule has 4 rings (SSSR count). The van der Waals surface area contributed by atoms with Crippen molar-refractivity contribution in [2.75, 3.05) is 0 Å². The molecule has 0 spiro atoms. The number of hydrogen-bond acceptors (Lipinski definition) is 3. The number of carboxylic acid groups (broad SMARTS) is 1. The number of carbonyl (C=O) groups is 2. The Morgan fingerprint density at radius 1 is 1.07 bits per heavy atom. The van der Waals surface area contributed by atoms with Crippen LogP contribution in [0, 0.1) is 40.4 Å². The molecule has 8 unspecified atom stereocenters. The quantitative estimate of drug-likeness (QED) is 0.568. The Morgan fingerprint density at radius 3 is 2.52 bits per heavy atom. The van der Waals surface area contributed by atoms with Gasteiger partial charge in [0, 0.05) is 6.92 Å². The van der Waals surface area contributed by atoms with Gasteiger partial charge in [0.15, 0.2) is 0 Å². The van der Waals surface area contributed by atoms with Crippen molar-refractivity contribution in [1.29, 1.82) is 0 Å². The molecule has 0 radical (unpaired) electrons. The van der Waals surface area contributed by atoms with Crippen LogP contribution < -0.4 is 0 Å². The third-order valence-electron chi connectivity index (χ3n) is 9.19. The zero-order chi connectivity index (χ0) is 19.4. The summed E-state index contributed by atoms with van der Waals surface area (Å²) in [6, 6.07) is 0. The molecule has 4 aliphatic carbocycles. The molecule has 150 valence electrons.